The van der Waals surface area contributed by atoms with Crippen LogP contribution in [0.2, 0.25) is 0 Å². The van der Waals surface area contributed by atoms with E-state index < -0.39 is 19.4 Å². The fourth-order valence-corrected chi connectivity index (χ4v) is 3.74. The number of thioether (sulfide) groups is 1. The Kier molecular flexibility index (Phi) is 5.79. The Balaban J connectivity index is 2.72. The van der Waals surface area contributed by atoms with Crippen molar-refractivity contribution in [1.82, 2.24) is 4.90 Å². The minimum Gasteiger partial charge on any atom is -0.480 e. The highest BCUT2D eigenvalue weighted by Crippen LogP contribution is 2.37. The van der Waals surface area contributed by atoms with E-state index >= 15 is 0 Å². The number of amides is 1. The lowest BCUT2D eigenvalue weighted by atomic mass is 10.2. The Bertz CT molecular complexity index is 462. The molecule has 1 aliphatic rings. The Labute approximate surface area is 121 Å². The molecule has 0 spiro atoms. The average Bonchev–Trinajstić information content (AvgIpc) is 2.56. The second kappa shape index (κ2) is 6.74. The minimum absolute atomic E-state index is 0.0667. The van der Waals surface area contributed by atoms with Crippen LogP contribution in [0.3, 0.4) is 0 Å². The number of aliphatic carboxylic acids is 1. The number of carboxylic acids is 1. The third kappa shape index (κ3) is 5.26. The van der Waals surface area contributed by atoms with Gasteiger partial charge in [-0.15, -0.1) is 0 Å². The van der Waals surface area contributed by atoms with Gasteiger partial charge in [0, 0.05) is 38.0 Å². The van der Waals surface area contributed by atoms with Crippen LogP contribution in [-0.4, -0.2) is 62.6 Å². The van der Waals surface area contributed by atoms with Crippen LogP contribution in [0.1, 0.15) is 19.8 Å². The number of hydrogen-bond acceptors (Lipinski definition) is 5. The van der Waals surface area contributed by atoms with Crippen molar-refractivity contribution in [2.24, 2.45) is 0 Å². The molecule has 0 aromatic rings. The maximum atomic E-state index is 11.8. The molecule has 9 heteroatoms. The van der Waals surface area contributed by atoms with Gasteiger partial charge in [-0.25, -0.2) is 4.79 Å². The van der Waals surface area contributed by atoms with E-state index in [1.165, 1.54) is 11.8 Å². The van der Waals surface area contributed by atoms with Crippen molar-refractivity contribution in [3.05, 3.63) is 0 Å². The molecular weight excluding hydrogens is 305 g/mol. The van der Waals surface area contributed by atoms with Crippen molar-refractivity contribution < 1.29 is 28.9 Å². The predicted molar refractivity (Wildman–Crippen MR) is 75.0 cm³/mol. The summed E-state index contributed by atoms with van der Waals surface area (Å²) < 4.78 is 11.3. The van der Waals surface area contributed by atoms with Crippen molar-refractivity contribution in [1.29, 1.82) is 0 Å². The molecule has 3 unspecified atom stereocenters. The molecule has 0 aromatic carbocycles. The summed E-state index contributed by atoms with van der Waals surface area (Å²) in [6.07, 6.45) is -0.0992. The first-order valence-corrected chi connectivity index (χ1v) is 9.26. The zero-order valence-electron chi connectivity index (χ0n) is 11.3. The Morgan fingerprint density at radius 1 is 1.55 bits per heavy atom. The van der Waals surface area contributed by atoms with Crippen LogP contribution < -0.4 is 0 Å². The molecule has 7 nitrogen and oxygen atoms in total. The summed E-state index contributed by atoms with van der Waals surface area (Å²) in [5.41, 5.74) is 0. The standard InChI is InChI=1S/C11H18NO6PS/c1-7(13)20-8-5-10(14)12(6-8)9(11(15)16)3-4-19(2,17)18/h8-9H,3-6H2,1-2H3,(H,15,16)(H,17,18). The summed E-state index contributed by atoms with van der Waals surface area (Å²) in [6, 6.07) is -1.11. The third-order valence-electron chi connectivity index (χ3n) is 2.93. The normalized spacial score (nSPS) is 23.4. The SMILES string of the molecule is CC(=O)SC1CC(=O)N(C(CCP(C)(=O)O)C(=O)O)C1. The number of nitrogens with zero attached hydrogens (tertiary/aromatic N) is 1. The first kappa shape index (κ1) is 17.2. The molecule has 0 saturated carbocycles. The lowest BCUT2D eigenvalue weighted by molar-refractivity contribution is -0.148. The maximum Gasteiger partial charge on any atom is 0.326 e. The molecule has 1 heterocycles. The second-order valence-electron chi connectivity index (χ2n) is 4.90. The zero-order valence-corrected chi connectivity index (χ0v) is 13.0. The number of rotatable bonds is 6. The molecule has 1 saturated heterocycles. The van der Waals surface area contributed by atoms with Crippen LogP contribution in [0.25, 0.3) is 0 Å². The zero-order chi connectivity index (χ0) is 15.5. The van der Waals surface area contributed by atoms with Gasteiger partial charge in [0.1, 0.15) is 6.04 Å². The monoisotopic (exact) mass is 323 g/mol. The molecule has 0 aromatic heterocycles. The van der Waals surface area contributed by atoms with Crippen molar-refractivity contribution >= 4 is 36.1 Å². The van der Waals surface area contributed by atoms with Gasteiger partial charge in [0.2, 0.25) is 5.91 Å². The van der Waals surface area contributed by atoms with Crippen LogP contribution in [0.15, 0.2) is 0 Å². The highest BCUT2D eigenvalue weighted by molar-refractivity contribution is 8.14. The van der Waals surface area contributed by atoms with Crippen LogP contribution in [0.5, 0.6) is 0 Å². The smallest absolute Gasteiger partial charge is 0.326 e. The highest BCUT2D eigenvalue weighted by Gasteiger charge is 2.38. The van der Waals surface area contributed by atoms with Crippen LogP contribution in [-0.2, 0) is 18.9 Å². The summed E-state index contributed by atoms with van der Waals surface area (Å²) in [5, 5.41) is 8.81. The van der Waals surface area contributed by atoms with E-state index in [9.17, 15) is 28.9 Å². The molecule has 114 valence electrons. The fraction of sp³-hybridized carbons (Fsp3) is 0.727. The van der Waals surface area contributed by atoms with Gasteiger partial charge in [0.15, 0.2) is 12.5 Å². The third-order valence-corrected chi connectivity index (χ3v) is 5.00. The molecule has 20 heavy (non-hydrogen) atoms. The molecule has 1 fully saturated rings. The van der Waals surface area contributed by atoms with Crippen LogP contribution in [0.4, 0.5) is 0 Å². The molecule has 2 N–H and O–H groups in total. The molecular formula is C11H18NO6PS. The van der Waals surface area contributed by atoms with Crippen molar-refractivity contribution in [3.8, 4) is 0 Å². The van der Waals surface area contributed by atoms with Gasteiger partial charge >= 0.3 is 5.97 Å². The summed E-state index contributed by atoms with van der Waals surface area (Å²) >= 11 is 1.02. The summed E-state index contributed by atoms with van der Waals surface area (Å²) in [5.74, 6) is -1.53. The number of hydrogen-bond donors (Lipinski definition) is 2. The molecule has 1 aliphatic heterocycles. The van der Waals surface area contributed by atoms with E-state index in [2.05, 4.69) is 0 Å². The lowest BCUT2D eigenvalue weighted by Gasteiger charge is -2.24. The molecule has 0 radical (unpaired) electrons. The number of carboxylic acid groups (broad SMARTS) is 1. The molecule has 1 amide bonds. The maximum absolute atomic E-state index is 11.8. The van der Waals surface area contributed by atoms with Gasteiger partial charge in [0.25, 0.3) is 0 Å². The van der Waals surface area contributed by atoms with E-state index in [1.807, 2.05) is 0 Å². The predicted octanol–water partition coefficient (Wildman–Crippen LogP) is 0.611. The number of carbonyl (C=O) groups excluding carboxylic acids is 2. The van der Waals surface area contributed by atoms with Crippen molar-refractivity contribution in [2.45, 2.75) is 31.1 Å². The minimum atomic E-state index is -3.32. The summed E-state index contributed by atoms with van der Waals surface area (Å²) in [7, 11) is -3.32. The second-order valence-corrected chi connectivity index (χ2v) is 8.93. The van der Waals surface area contributed by atoms with Crippen molar-refractivity contribution in [3.63, 3.8) is 0 Å². The Morgan fingerprint density at radius 3 is 2.60 bits per heavy atom. The van der Waals surface area contributed by atoms with E-state index in [-0.39, 0.29) is 41.8 Å². The molecule has 0 aliphatic carbocycles. The quantitative estimate of drug-likeness (QED) is 0.689. The molecule has 3 atom stereocenters. The van der Waals surface area contributed by atoms with Crippen LogP contribution >= 0.6 is 19.1 Å². The highest BCUT2D eigenvalue weighted by atomic mass is 32.2. The first-order chi connectivity index (χ1) is 9.10. The van der Waals surface area contributed by atoms with Gasteiger partial charge < -0.3 is 14.9 Å². The number of likely N-dealkylation sites (tertiary alicyclic amines) is 1. The largest absolute Gasteiger partial charge is 0.480 e. The number of carbonyl (C=O) groups is 3. The van der Waals surface area contributed by atoms with Crippen molar-refractivity contribution in [2.75, 3.05) is 19.4 Å². The van der Waals surface area contributed by atoms with E-state index in [0.717, 1.165) is 18.4 Å². The first-order valence-electron chi connectivity index (χ1n) is 6.09. The molecule has 0 bridgehead atoms. The average molecular weight is 323 g/mol. The van der Waals surface area contributed by atoms with E-state index in [1.54, 1.807) is 0 Å². The van der Waals surface area contributed by atoms with E-state index in [4.69, 9.17) is 0 Å². The van der Waals surface area contributed by atoms with Gasteiger partial charge in [-0.2, -0.15) is 0 Å². The van der Waals surface area contributed by atoms with Gasteiger partial charge in [-0.05, 0) is 6.42 Å². The van der Waals surface area contributed by atoms with Gasteiger partial charge in [-0.3, -0.25) is 14.2 Å². The fourth-order valence-electron chi connectivity index (χ4n) is 2.09. The summed E-state index contributed by atoms with van der Waals surface area (Å²) in [4.78, 5) is 44.5. The van der Waals surface area contributed by atoms with Gasteiger partial charge in [0.05, 0.1) is 0 Å². The Hall–Kier alpha value is -0.850. The Morgan fingerprint density at radius 2 is 2.15 bits per heavy atom. The van der Waals surface area contributed by atoms with Crippen LogP contribution in [0, 0.1) is 0 Å². The summed E-state index contributed by atoms with van der Waals surface area (Å²) in [6.45, 7) is 2.73. The van der Waals surface area contributed by atoms with E-state index in [0.29, 0.717) is 0 Å². The topological polar surface area (TPSA) is 112 Å². The van der Waals surface area contributed by atoms with Gasteiger partial charge in [-0.1, -0.05) is 11.8 Å². The lowest BCUT2D eigenvalue weighted by Crippen LogP contribution is -2.43. The molecule has 1 rings (SSSR count).